The summed E-state index contributed by atoms with van der Waals surface area (Å²) >= 11 is 1.72. The van der Waals surface area contributed by atoms with Crippen molar-refractivity contribution < 1.29 is 31.9 Å². The van der Waals surface area contributed by atoms with Gasteiger partial charge in [0.15, 0.2) is 11.5 Å². The lowest BCUT2D eigenvalue weighted by Gasteiger charge is -2.24. The number of ether oxygens (including phenoxy) is 1. The van der Waals surface area contributed by atoms with Crippen LogP contribution in [0.5, 0.6) is 0 Å². The van der Waals surface area contributed by atoms with Crippen molar-refractivity contribution in [2.24, 2.45) is 0 Å². The van der Waals surface area contributed by atoms with Crippen molar-refractivity contribution in [3.8, 4) is 11.2 Å². The number of alkyl halides is 3. The molecule has 1 unspecified atom stereocenters. The van der Waals surface area contributed by atoms with Crippen molar-refractivity contribution in [3.05, 3.63) is 12.7 Å². The Balaban J connectivity index is 1.39. The molecule has 3 N–H and O–H groups in total. The Labute approximate surface area is 265 Å². The average Bonchev–Trinajstić information content (AvgIpc) is 3.36. The molecular weight excluding hydrogens is 634 g/mol. The first-order chi connectivity index (χ1) is 20.8. The van der Waals surface area contributed by atoms with Gasteiger partial charge in [-0.1, -0.05) is 56.1 Å². The maximum atomic E-state index is 12.4. The van der Waals surface area contributed by atoms with Crippen molar-refractivity contribution in [3.63, 3.8) is 0 Å². The molecular formula is C29H49F3N5O4PS2. The van der Waals surface area contributed by atoms with E-state index in [4.69, 9.17) is 15.0 Å². The number of nitrogen functional groups attached to an aromatic ring is 1. The molecule has 15 heteroatoms. The monoisotopic (exact) mass is 683 g/mol. The molecule has 0 saturated carbocycles. The number of imidazole rings is 1. The molecule has 0 bridgehead atoms. The molecule has 0 saturated heterocycles. The minimum absolute atomic E-state index is 0.126. The van der Waals surface area contributed by atoms with E-state index in [0.29, 0.717) is 29.3 Å². The normalized spacial score (nSPS) is 14.7. The number of nitrogens with zero attached hydrogens (tertiary/aromatic N) is 4. The Morgan fingerprint density at radius 1 is 1.07 bits per heavy atom. The van der Waals surface area contributed by atoms with Gasteiger partial charge in [0.1, 0.15) is 18.2 Å². The maximum Gasteiger partial charge on any atom is 0.389 e. The molecule has 0 radical (unpaired) electrons. The van der Waals surface area contributed by atoms with Gasteiger partial charge in [0.25, 0.3) is 0 Å². The number of nitrogens with two attached hydrogens (primary N) is 1. The fourth-order valence-corrected chi connectivity index (χ4v) is 7.45. The molecule has 0 amide bonds. The third-order valence-corrected chi connectivity index (χ3v) is 10.8. The molecule has 0 spiro atoms. The number of fused-ring (bicyclic) bond motifs is 1. The van der Waals surface area contributed by atoms with Crippen LogP contribution in [0.25, 0.3) is 11.2 Å². The molecule has 0 aromatic carbocycles. The second-order valence-corrected chi connectivity index (χ2v) is 18.0. The van der Waals surface area contributed by atoms with E-state index < -0.39 is 30.2 Å². The van der Waals surface area contributed by atoms with Crippen LogP contribution in [0.4, 0.5) is 19.0 Å². The van der Waals surface area contributed by atoms with Crippen LogP contribution >= 0.6 is 29.4 Å². The topological polar surface area (TPSA) is 125 Å². The van der Waals surface area contributed by atoms with Crippen LogP contribution < -0.4 is 5.73 Å². The van der Waals surface area contributed by atoms with E-state index in [2.05, 4.69) is 26.1 Å². The van der Waals surface area contributed by atoms with E-state index in [9.17, 15) is 22.6 Å². The van der Waals surface area contributed by atoms with Crippen LogP contribution in [0, 0.1) is 11.2 Å². The SMILES string of the molecule is C[C@H](Cn1cnc2c(N)ncnc21)OCP(=O)(O)OCCSCCCCCCCCCCCC#CS(C)(C)CCC(F)(F)F. The van der Waals surface area contributed by atoms with E-state index >= 15 is 0 Å². The summed E-state index contributed by atoms with van der Waals surface area (Å²) in [6.07, 6.45) is 12.3. The molecule has 0 aliphatic rings. The number of aromatic nitrogens is 4. The fraction of sp³-hybridized carbons (Fsp3) is 0.759. The van der Waals surface area contributed by atoms with Crippen molar-refractivity contribution >= 4 is 46.4 Å². The second-order valence-electron chi connectivity index (χ2n) is 11.3. The van der Waals surface area contributed by atoms with Gasteiger partial charge in [-0.3, -0.25) is 4.57 Å². The number of hydrogen-bond donors (Lipinski definition) is 2. The molecule has 2 atom stereocenters. The zero-order valence-electron chi connectivity index (χ0n) is 26.2. The van der Waals surface area contributed by atoms with Crippen LogP contribution in [0.1, 0.15) is 77.6 Å². The maximum absolute atomic E-state index is 12.4. The van der Waals surface area contributed by atoms with E-state index in [1.165, 1.54) is 44.9 Å². The predicted molar refractivity (Wildman–Crippen MR) is 177 cm³/mol. The van der Waals surface area contributed by atoms with Gasteiger partial charge in [0, 0.05) is 12.2 Å². The van der Waals surface area contributed by atoms with Crippen LogP contribution in [-0.4, -0.2) is 79.4 Å². The van der Waals surface area contributed by atoms with Gasteiger partial charge in [-0.25, -0.2) is 15.0 Å². The van der Waals surface area contributed by atoms with Gasteiger partial charge in [-0.2, -0.15) is 35.0 Å². The Morgan fingerprint density at radius 2 is 1.73 bits per heavy atom. The number of unbranched alkanes of at least 4 members (excludes halogenated alkanes) is 9. The van der Waals surface area contributed by atoms with Gasteiger partial charge in [-0.05, 0) is 43.8 Å². The summed E-state index contributed by atoms with van der Waals surface area (Å²) < 4.78 is 62.0. The molecule has 0 fully saturated rings. The highest BCUT2D eigenvalue weighted by Crippen LogP contribution is 2.42. The highest BCUT2D eigenvalue weighted by molar-refractivity contribution is 8.36. The Morgan fingerprint density at radius 3 is 2.41 bits per heavy atom. The molecule has 0 aliphatic carbocycles. The minimum atomic E-state index is -4.10. The van der Waals surface area contributed by atoms with Crippen molar-refractivity contribution in [2.45, 2.75) is 96.4 Å². The van der Waals surface area contributed by atoms with E-state index in [1.54, 1.807) is 29.6 Å². The average molecular weight is 684 g/mol. The first kappa shape index (κ1) is 38.7. The Kier molecular flexibility index (Phi) is 17.5. The number of anilines is 1. The van der Waals surface area contributed by atoms with Crippen LogP contribution in [-0.2, 0) is 20.4 Å². The first-order valence-electron chi connectivity index (χ1n) is 15.1. The summed E-state index contributed by atoms with van der Waals surface area (Å²) in [4.78, 5) is 22.4. The number of thioether (sulfide) groups is 1. The van der Waals surface area contributed by atoms with Gasteiger partial charge < -0.3 is 24.5 Å². The van der Waals surface area contributed by atoms with E-state index in [1.807, 2.05) is 12.5 Å². The second kappa shape index (κ2) is 19.9. The molecule has 2 aromatic heterocycles. The molecule has 2 aromatic rings. The van der Waals surface area contributed by atoms with Crippen LogP contribution in [0.15, 0.2) is 12.7 Å². The Bertz CT molecular complexity index is 1220. The summed E-state index contributed by atoms with van der Waals surface area (Å²) in [5.74, 6) is 5.17. The summed E-state index contributed by atoms with van der Waals surface area (Å²) in [6.45, 7) is 2.38. The summed E-state index contributed by atoms with van der Waals surface area (Å²) in [6, 6.07) is 0. The molecule has 44 heavy (non-hydrogen) atoms. The Hall–Kier alpha value is -1.49. The molecule has 252 valence electrons. The number of halogens is 3. The zero-order valence-corrected chi connectivity index (χ0v) is 28.7. The minimum Gasteiger partial charge on any atom is -0.382 e. The van der Waals surface area contributed by atoms with Gasteiger partial charge in [-0.15, -0.1) is 0 Å². The number of hydrogen-bond acceptors (Lipinski definition) is 8. The summed E-state index contributed by atoms with van der Waals surface area (Å²) in [5.41, 5.74) is 6.89. The van der Waals surface area contributed by atoms with E-state index in [0.717, 1.165) is 31.4 Å². The van der Waals surface area contributed by atoms with Gasteiger partial charge >= 0.3 is 13.8 Å². The molecule has 2 rings (SSSR count). The van der Waals surface area contributed by atoms with Gasteiger partial charge in [0.05, 0.1) is 32.0 Å². The third-order valence-electron chi connectivity index (χ3n) is 6.76. The molecule has 2 heterocycles. The number of rotatable bonds is 22. The molecule has 0 aliphatic heterocycles. The fourth-order valence-electron chi connectivity index (χ4n) is 4.28. The van der Waals surface area contributed by atoms with Crippen LogP contribution in [0.3, 0.4) is 0 Å². The van der Waals surface area contributed by atoms with E-state index in [-0.39, 0.29) is 24.8 Å². The quantitative estimate of drug-likeness (QED) is 0.0734. The highest BCUT2D eigenvalue weighted by Gasteiger charge is 2.28. The van der Waals surface area contributed by atoms with Crippen molar-refractivity contribution in [1.29, 1.82) is 0 Å². The zero-order chi connectivity index (χ0) is 32.5. The standard InChI is InChI=1S/C29H49F3N5O4PS2/c1-25(21-37-23-36-26-27(33)34-22-35-28(26)37)40-24-42(38,39)41-16-18-43-17-13-11-9-7-5-4-6-8-10-12-14-19-44(2,3)20-15-29(30,31)32/h22-23,25H,4-13,15-18,20-21,24H2,1-3H3,(H,38,39)(H2,33,34,35)/t25-/m1/s1. The summed E-state index contributed by atoms with van der Waals surface area (Å²) in [7, 11) is -5.32. The summed E-state index contributed by atoms with van der Waals surface area (Å²) in [5, 5.41) is 3.09. The van der Waals surface area contributed by atoms with Crippen molar-refractivity contribution in [1.82, 2.24) is 19.5 Å². The van der Waals surface area contributed by atoms with Crippen molar-refractivity contribution in [2.75, 3.05) is 48.5 Å². The van der Waals surface area contributed by atoms with Crippen LogP contribution in [0.2, 0.25) is 0 Å². The third kappa shape index (κ3) is 17.3. The molecule has 9 nitrogen and oxygen atoms in total. The lowest BCUT2D eigenvalue weighted by atomic mass is 10.1. The highest BCUT2D eigenvalue weighted by atomic mass is 32.3. The smallest absolute Gasteiger partial charge is 0.382 e. The lowest BCUT2D eigenvalue weighted by Crippen LogP contribution is -2.17. The predicted octanol–water partition coefficient (Wildman–Crippen LogP) is 7.58. The van der Waals surface area contributed by atoms with Gasteiger partial charge in [0.2, 0.25) is 0 Å². The largest absolute Gasteiger partial charge is 0.389 e. The first-order valence-corrected chi connectivity index (χ1v) is 20.7. The lowest BCUT2D eigenvalue weighted by molar-refractivity contribution is -0.129.